The summed E-state index contributed by atoms with van der Waals surface area (Å²) < 4.78 is 6.16. The SMILES string of the molecule is O=C(CC1(O)CCCCC1)N1CCC(OC2CCCC2)CC1. The van der Waals surface area contributed by atoms with E-state index in [4.69, 9.17) is 4.74 Å². The van der Waals surface area contributed by atoms with Gasteiger partial charge in [-0.25, -0.2) is 0 Å². The summed E-state index contributed by atoms with van der Waals surface area (Å²) in [5.41, 5.74) is -0.730. The molecule has 1 N–H and O–H groups in total. The fraction of sp³-hybridized carbons (Fsp3) is 0.944. The molecule has 0 spiro atoms. The minimum absolute atomic E-state index is 0.142. The van der Waals surface area contributed by atoms with Crippen molar-refractivity contribution in [2.24, 2.45) is 0 Å². The van der Waals surface area contributed by atoms with Crippen LogP contribution >= 0.6 is 0 Å². The van der Waals surface area contributed by atoms with E-state index in [1.54, 1.807) is 0 Å². The average Bonchev–Trinajstić information content (AvgIpc) is 3.01. The van der Waals surface area contributed by atoms with E-state index in [9.17, 15) is 9.90 Å². The molecule has 22 heavy (non-hydrogen) atoms. The number of hydrogen-bond donors (Lipinski definition) is 1. The minimum Gasteiger partial charge on any atom is -0.389 e. The van der Waals surface area contributed by atoms with Crippen LogP contribution in [0.4, 0.5) is 0 Å². The number of aliphatic hydroxyl groups is 1. The Morgan fingerprint density at radius 2 is 1.55 bits per heavy atom. The van der Waals surface area contributed by atoms with Crippen molar-refractivity contribution in [2.45, 2.75) is 94.9 Å². The van der Waals surface area contributed by atoms with Crippen molar-refractivity contribution in [3.05, 3.63) is 0 Å². The van der Waals surface area contributed by atoms with Crippen molar-refractivity contribution < 1.29 is 14.6 Å². The van der Waals surface area contributed by atoms with Gasteiger partial charge in [-0.05, 0) is 38.5 Å². The first-order valence-corrected chi connectivity index (χ1v) is 9.30. The average molecular weight is 309 g/mol. The molecule has 0 aromatic rings. The first kappa shape index (κ1) is 16.3. The van der Waals surface area contributed by atoms with Gasteiger partial charge in [0.2, 0.25) is 5.91 Å². The molecule has 2 aliphatic carbocycles. The van der Waals surface area contributed by atoms with Crippen LogP contribution in [0, 0.1) is 0 Å². The normalized spacial score (nSPS) is 27.2. The van der Waals surface area contributed by atoms with E-state index in [1.807, 2.05) is 4.90 Å². The summed E-state index contributed by atoms with van der Waals surface area (Å²) in [6.07, 6.45) is 13.0. The molecular weight excluding hydrogens is 278 g/mol. The number of hydrogen-bond acceptors (Lipinski definition) is 3. The fourth-order valence-corrected chi connectivity index (χ4v) is 4.32. The third kappa shape index (κ3) is 4.23. The molecule has 1 aliphatic heterocycles. The molecular formula is C18H31NO3. The van der Waals surface area contributed by atoms with Crippen molar-refractivity contribution in [2.75, 3.05) is 13.1 Å². The Labute approximate surface area is 134 Å². The molecule has 2 saturated carbocycles. The molecule has 1 saturated heterocycles. The Balaban J connectivity index is 1.41. The van der Waals surface area contributed by atoms with Crippen LogP contribution in [0.25, 0.3) is 0 Å². The number of rotatable bonds is 4. The highest BCUT2D eigenvalue weighted by molar-refractivity contribution is 5.77. The molecule has 1 amide bonds. The smallest absolute Gasteiger partial charge is 0.225 e. The van der Waals surface area contributed by atoms with Crippen molar-refractivity contribution >= 4 is 5.91 Å². The number of amides is 1. The number of carbonyl (C=O) groups is 1. The first-order chi connectivity index (χ1) is 10.6. The van der Waals surface area contributed by atoms with E-state index in [1.165, 1.54) is 32.1 Å². The lowest BCUT2D eigenvalue weighted by atomic mass is 9.82. The zero-order chi connectivity index (χ0) is 15.4. The molecule has 4 nitrogen and oxygen atoms in total. The predicted molar refractivity (Wildman–Crippen MR) is 85.6 cm³/mol. The third-order valence-corrected chi connectivity index (χ3v) is 5.75. The van der Waals surface area contributed by atoms with Gasteiger partial charge in [0.25, 0.3) is 0 Å². The van der Waals surface area contributed by atoms with Crippen molar-refractivity contribution in [1.29, 1.82) is 0 Å². The highest BCUT2D eigenvalue weighted by atomic mass is 16.5. The second-order valence-corrected chi connectivity index (χ2v) is 7.58. The highest BCUT2D eigenvalue weighted by Crippen LogP contribution is 2.32. The van der Waals surface area contributed by atoms with Gasteiger partial charge in [0, 0.05) is 13.1 Å². The molecule has 0 aromatic heterocycles. The van der Waals surface area contributed by atoms with Gasteiger partial charge < -0.3 is 14.7 Å². The maximum Gasteiger partial charge on any atom is 0.225 e. The Bertz CT molecular complexity index is 365. The summed E-state index contributed by atoms with van der Waals surface area (Å²) in [6, 6.07) is 0. The molecule has 0 bridgehead atoms. The first-order valence-electron chi connectivity index (χ1n) is 9.30. The van der Waals surface area contributed by atoms with Crippen LogP contribution < -0.4 is 0 Å². The van der Waals surface area contributed by atoms with E-state index >= 15 is 0 Å². The Kier molecular flexibility index (Phi) is 5.40. The molecule has 1 heterocycles. The maximum absolute atomic E-state index is 12.4. The van der Waals surface area contributed by atoms with Crippen LogP contribution in [0.15, 0.2) is 0 Å². The second-order valence-electron chi connectivity index (χ2n) is 7.58. The quantitative estimate of drug-likeness (QED) is 0.868. The zero-order valence-electron chi connectivity index (χ0n) is 13.8. The van der Waals surface area contributed by atoms with Crippen LogP contribution in [0.2, 0.25) is 0 Å². The van der Waals surface area contributed by atoms with Gasteiger partial charge in [0.05, 0.1) is 24.2 Å². The molecule has 0 atom stereocenters. The number of ether oxygens (including phenoxy) is 1. The summed E-state index contributed by atoms with van der Waals surface area (Å²) in [7, 11) is 0. The standard InChI is InChI=1S/C18H31NO3/c20-17(14-18(21)10-4-1-5-11-18)19-12-8-16(9-13-19)22-15-6-2-3-7-15/h15-16,21H,1-14H2. The zero-order valence-corrected chi connectivity index (χ0v) is 13.8. The van der Waals surface area contributed by atoms with E-state index in [-0.39, 0.29) is 5.91 Å². The fourth-order valence-electron chi connectivity index (χ4n) is 4.32. The maximum atomic E-state index is 12.4. The monoisotopic (exact) mass is 309 g/mol. The van der Waals surface area contributed by atoms with Gasteiger partial charge in [0.1, 0.15) is 0 Å². The molecule has 0 unspecified atom stereocenters. The summed E-state index contributed by atoms with van der Waals surface area (Å²) in [5.74, 6) is 0.142. The van der Waals surface area contributed by atoms with Gasteiger partial charge in [-0.3, -0.25) is 4.79 Å². The number of piperidine rings is 1. The molecule has 4 heteroatoms. The Morgan fingerprint density at radius 1 is 0.955 bits per heavy atom. The van der Waals surface area contributed by atoms with Crippen LogP contribution in [-0.4, -0.2) is 46.8 Å². The van der Waals surface area contributed by atoms with Crippen LogP contribution in [0.3, 0.4) is 0 Å². The summed E-state index contributed by atoms with van der Waals surface area (Å²) >= 11 is 0. The number of carbonyl (C=O) groups excluding carboxylic acids is 1. The van der Waals surface area contributed by atoms with Crippen LogP contribution in [-0.2, 0) is 9.53 Å². The molecule has 3 rings (SSSR count). The van der Waals surface area contributed by atoms with E-state index < -0.39 is 5.60 Å². The lowest BCUT2D eigenvalue weighted by Gasteiger charge is -2.37. The van der Waals surface area contributed by atoms with Gasteiger partial charge in [-0.15, -0.1) is 0 Å². The van der Waals surface area contributed by atoms with Gasteiger partial charge in [0.15, 0.2) is 0 Å². The van der Waals surface area contributed by atoms with Crippen molar-refractivity contribution in [3.63, 3.8) is 0 Å². The second kappa shape index (κ2) is 7.31. The van der Waals surface area contributed by atoms with Crippen molar-refractivity contribution in [1.82, 2.24) is 4.90 Å². The highest BCUT2D eigenvalue weighted by Gasteiger charge is 2.34. The van der Waals surface area contributed by atoms with Crippen molar-refractivity contribution in [3.8, 4) is 0 Å². The molecule has 0 aromatic carbocycles. The molecule has 0 radical (unpaired) electrons. The van der Waals surface area contributed by atoms with Gasteiger partial charge in [-0.2, -0.15) is 0 Å². The summed E-state index contributed by atoms with van der Waals surface area (Å²) in [4.78, 5) is 14.4. The summed E-state index contributed by atoms with van der Waals surface area (Å²) in [6.45, 7) is 1.60. The van der Waals surface area contributed by atoms with E-state index in [0.29, 0.717) is 18.6 Å². The topological polar surface area (TPSA) is 49.8 Å². The third-order valence-electron chi connectivity index (χ3n) is 5.75. The lowest BCUT2D eigenvalue weighted by molar-refractivity contribution is -0.141. The number of likely N-dealkylation sites (tertiary alicyclic amines) is 1. The summed E-state index contributed by atoms with van der Waals surface area (Å²) in [5, 5.41) is 10.5. The lowest BCUT2D eigenvalue weighted by Crippen LogP contribution is -2.45. The van der Waals surface area contributed by atoms with E-state index in [0.717, 1.165) is 51.6 Å². The molecule has 126 valence electrons. The molecule has 3 fully saturated rings. The largest absolute Gasteiger partial charge is 0.389 e. The van der Waals surface area contributed by atoms with Gasteiger partial charge >= 0.3 is 0 Å². The van der Waals surface area contributed by atoms with E-state index in [2.05, 4.69) is 0 Å². The van der Waals surface area contributed by atoms with Crippen LogP contribution in [0.5, 0.6) is 0 Å². The van der Waals surface area contributed by atoms with Crippen LogP contribution in [0.1, 0.15) is 77.0 Å². The number of nitrogens with zero attached hydrogens (tertiary/aromatic N) is 1. The van der Waals surface area contributed by atoms with Gasteiger partial charge in [-0.1, -0.05) is 32.1 Å². The Morgan fingerprint density at radius 3 is 2.18 bits per heavy atom. The minimum atomic E-state index is -0.730. The molecule has 3 aliphatic rings. The predicted octanol–water partition coefficient (Wildman–Crippen LogP) is 3.02. The Hall–Kier alpha value is -0.610.